The van der Waals surface area contributed by atoms with Gasteiger partial charge in [0.05, 0.1) is 11.5 Å². The van der Waals surface area contributed by atoms with E-state index in [9.17, 15) is 10.1 Å². The zero-order valence-electron chi connectivity index (χ0n) is 6.86. The van der Waals surface area contributed by atoms with Gasteiger partial charge in [-0.05, 0) is 22.9 Å². The molecular weight excluding hydrogens is 240 g/mol. The lowest BCUT2D eigenvalue weighted by Crippen LogP contribution is -1.98. The first kappa shape index (κ1) is 9.91. The van der Waals surface area contributed by atoms with Crippen molar-refractivity contribution in [1.29, 1.82) is 0 Å². The first-order valence-electron chi connectivity index (χ1n) is 3.58. The maximum atomic E-state index is 10.5. The lowest BCUT2D eigenvalue weighted by Gasteiger charge is -2.02. The molecule has 0 fully saturated rings. The highest BCUT2D eigenvalue weighted by Crippen LogP contribution is 2.27. The normalized spacial score (nSPS) is 9.69. The summed E-state index contributed by atoms with van der Waals surface area (Å²) < 4.78 is 5.58. The number of rotatable bonds is 3. The van der Waals surface area contributed by atoms with Crippen molar-refractivity contribution in [3.8, 4) is 5.75 Å². The molecule has 1 rings (SSSR count). The van der Waals surface area contributed by atoms with Gasteiger partial charge >= 0.3 is 5.69 Å². The standard InChI is InChI=1S/C7H7BrN2O3/c1-2-13-6-3-7(8)9-4-5(6)10(11)12/h3-4H,2H2,1H3. The average molecular weight is 247 g/mol. The van der Waals surface area contributed by atoms with E-state index < -0.39 is 4.92 Å². The highest BCUT2D eigenvalue weighted by molar-refractivity contribution is 9.10. The van der Waals surface area contributed by atoms with Crippen LogP contribution in [0.2, 0.25) is 0 Å². The van der Waals surface area contributed by atoms with Crippen molar-refractivity contribution >= 4 is 21.6 Å². The molecule has 0 aliphatic rings. The van der Waals surface area contributed by atoms with E-state index in [0.717, 1.165) is 6.20 Å². The molecule has 0 bridgehead atoms. The molecule has 0 spiro atoms. The van der Waals surface area contributed by atoms with Gasteiger partial charge < -0.3 is 4.74 Å². The SMILES string of the molecule is CCOc1cc(Br)ncc1[N+](=O)[O-]. The summed E-state index contributed by atoms with van der Waals surface area (Å²) in [6, 6.07) is 1.47. The van der Waals surface area contributed by atoms with Gasteiger partial charge in [0.15, 0.2) is 0 Å². The topological polar surface area (TPSA) is 65.3 Å². The molecule has 0 amide bonds. The molecular formula is C7H7BrN2O3. The minimum absolute atomic E-state index is 0.120. The van der Waals surface area contributed by atoms with Crippen molar-refractivity contribution in [2.24, 2.45) is 0 Å². The fraction of sp³-hybridized carbons (Fsp3) is 0.286. The Hall–Kier alpha value is -1.17. The van der Waals surface area contributed by atoms with E-state index in [4.69, 9.17) is 4.74 Å². The Morgan fingerprint density at radius 3 is 3.00 bits per heavy atom. The Morgan fingerprint density at radius 1 is 1.77 bits per heavy atom. The maximum absolute atomic E-state index is 10.5. The molecule has 0 aromatic carbocycles. The highest BCUT2D eigenvalue weighted by atomic mass is 79.9. The summed E-state index contributed by atoms with van der Waals surface area (Å²) in [5.41, 5.74) is -0.120. The number of halogens is 1. The molecule has 0 radical (unpaired) electrons. The van der Waals surface area contributed by atoms with Gasteiger partial charge in [-0.3, -0.25) is 10.1 Å². The molecule has 1 aromatic heterocycles. The number of hydrogen-bond donors (Lipinski definition) is 0. The van der Waals surface area contributed by atoms with E-state index in [1.165, 1.54) is 6.07 Å². The summed E-state index contributed by atoms with van der Waals surface area (Å²) in [5, 5.41) is 10.5. The summed E-state index contributed by atoms with van der Waals surface area (Å²) in [7, 11) is 0. The van der Waals surface area contributed by atoms with Gasteiger partial charge in [-0.2, -0.15) is 0 Å². The van der Waals surface area contributed by atoms with Crippen LogP contribution in [0.15, 0.2) is 16.9 Å². The zero-order valence-corrected chi connectivity index (χ0v) is 8.44. The van der Waals surface area contributed by atoms with Gasteiger partial charge in [0.2, 0.25) is 5.75 Å². The van der Waals surface area contributed by atoms with Crippen LogP contribution < -0.4 is 4.74 Å². The van der Waals surface area contributed by atoms with Crippen molar-refractivity contribution < 1.29 is 9.66 Å². The summed E-state index contributed by atoms with van der Waals surface area (Å²) in [5.74, 6) is 0.231. The lowest BCUT2D eigenvalue weighted by atomic mass is 10.4. The van der Waals surface area contributed by atoms with Crippen LogP contribution in [0.5, 0.6) is 5.75 Å². The van der Waals surface area contributed by atoms with Crippen LogP contribution in [-0.4, -0.2) is 16.5 Å². The fourth-order valence-electron chi connectivity index (χ4n) is 0.814. The molecule has 70 valence electrons. The van der Waals surface area contributed by atoms with Crippen LogP contribution >= 0.6 is 15.9 Å². The summed E-state index contributed by atoms with van der Waals surface area (Å²) in [6.45, 7) is 2.15. The van der Waals surface area contributed by atoms with Gasteiger partial charge in [0.25, 0.3) is 0 Å². The highest BCUT2D eigenvalue weighted by Gasteiger charge is 2.15. The fourth-order valence-corrected chi connectivity index (χ4v) is 1.12. The van der Waals surface area contributed by atoms with E-state index in [-0.39, 0.29) is 11.4 Å². The predicted molar refractivity (Wildman–Crippen MR) is 49.8 cm³/mol. The predicted octanol–water partition coefficient (Wildman–Crippen LogP) is 2.15. The van der Waals surface area contributed by atoms with Crippen LogP contribution in [-0.2, 0) is 0 Å². The molecule has 0 aliphatic carbocycles. The second kappa shape index (κ2) is 4.18. The van der Waals surface area contributed by atoms with Gasteiger partial charge in [0, 0.05) is 6.07 Å². The van der Waals surface area contributed by atoms with E-state index in [0.29, 0.717) is 11.2 Å². The van der Waals surface area contributed by atoms with Crippen LogP contribution in [0, 0.1) is 10.1 Å². The van der Waals surface area contributed by atoms with Crippen molar-refractivity contribution in [1.82, 2.24) is 4.98 Å². The average Bonchev–Trinajstić information content (AvgIpc) is 2.04. The Labute approximate surface area is 83.0 Å². The smallest absolute Gasteiger partial charge is 0.329 e. The van der Waals surface area contributed by atoms with Crippen molar-refractivity contribution in [2.75, 3.05) is 6.61 Å². The monoisotopic (exact) mass is 246 g/mol. The Balaban J connectivity index is 3.10. The molecule has 0 atom stereocenters. The number of ether oxygens (including phenoxy) is 1. The second-order valence-corrected chi connectivity index (χ2v) is 2.98. The number of nitro groups is 1. The molecule has 0 N–H and O–H groups in total. The molecule has 0 saturated carbocycles. The number of nitrogens with zero attached hydrogens (tertiary/aromatic N) is 2. The molecule has 1 aromatic rings. The van der Waals surface area contributed by atoms with E-state index in [2.05, 4.69) is 20.9 Å². The summed E-state index contributed by atoms with van der Waals surface area (Å²) in [6.07, 6.45) is 1.16. The zero-order chi connectivity index (χ0) is 9.84. The Morgan fingerprint density at radius 2 is 2.46 bits per heavy atom. The minimum atomic E-state index is -0.523. The van der Waals surface area contributed by atoms with Crippen LogP contribution in [0.3, 0.4) is 0 Å². The van der Waals surface area contributed by atoms with Crippen LogP contribution in [0.4, 0.5) is 5.69 Å². The molecule has 0 unspecified atom stereocenters. The van der Waals surface area contributed by atoms with Crippen molar-refractivity contribution in [3.63, 3.8) is 0 Å². The first-order valence-corrected chi connectivity index (χ1v) is 4.37. The van der Waals surface area contributed by atoms with E-state index >= 15 is 0 Å². The summed E-state index contributed by atoms with van der Waals surface area (Å²) in [4.78, 5) is 13.7. The lowest BCUT2D eigenvalue weighted by molar-refractivity contribution is -0.386. The minimum Gasteiger partial charge on any atom is -0.487 e. The van der Waals surface area contributed by atoms with Crippen LogP contribution in [0.1, 0.15) is 6.92 Å². The van der Waals surface area contributed by atoms with Gasteiger partial charge in [0.1, 0.15) is 10.8 Å². The third-order valence-corrected chi connectivity index (χ3v) is 1.74. The molecule has 6 heteroatoms. The molecule has 13 heavy (non-hydrogen) atoms. The Bertz CT molecular complexity index is 330. The third kappa shape index (κ3) is 2.38. The molecule has 5 nitrogen and oxygen atoms in total. The molecule has 0 saturated heterocycles. The third-order valence-electron chi connectivity index (χ3n) is 1.31. The first-order chi connectivity index (χ1) is 6.15. The van der Waals surface area contributed by atoms with E-state index in [1.54, 1.807) is 6.92 Å². The molecule has 0 aliphatic heterocycles. The number of hydrogen-bond acceptors (Lipinski definition) is 4. The van der Waals surface area contributed by atoms with Gasteiger partial charge in [-0.1, -0.05) is 0 Å². The quantitative estimate of drug-likeness (QED) is 0.466. The van der Waals surface area contributed by atoms with Crippen LogP contribution in [0.25, 0.3) is 0 Å². The van der Waals surface area contributed by atoms with Gasteiger partial charge in [-0.25, -0.2) is 4.98 Å². The number of pyridine rings is 1. The van der Waals surface area contributed by atoms with E-state index in [1.807, 2.05) is 0 Å². The van der Waals surface area contributed by atoms with Gasteiger partial charge in [-0.15, -0.1) is 0 Å². The van der Waals surface area contributed by atoms with Crippen molar-refractivity contribution in [2.45, 2.75) is 6.92 Å². The number of aromatic nitrogens is 1. The maximum Gasteiger partial charge on any atom is 0.329 e. The Kier molecular flexibility index (Phi) is 3.18. The largest absolute Gasteiger partial charge is 0.487 e. The van der Waals surface area contributed by atoms with Crippen molar-refractivity contribution in [3.05, 3.63) is 27.0 Å². The molecule has 1 heterocycles. The summed E-state index contributed by atoms with van der Waals surface area (Å²) >= 11 is 3.10. The second-order valence-electron chi connectivity index (χ2n) is 2.16.